The molecule has 4 nitrogen and oxygen atoms in total. The molecule has 0 saturated heterocycles. The van der Waals surface area contributed by atoms with Gasteiger partial charge >= 0.3 is 5.97 Å². The molecule has 2 rings (SSSR count). The van der Waals surface area contributed by atoms with E-state index in [-0.39, 0.29) is 11.3 Å². The maximum Gasteiger partial charge on any atom is 0.337 e. The quantitative estimate of drug-likeness (QED) is 0.884. The average Bonchev–Trinajstić information content (AvgIpc) is 2.46. The predicted molar refractivity (Wildman–Crippen MR) is 72.1 cm³/mol. The second-order valence-corrected chi connectivity index (χ2v) is 4.12. The van der Waals surface area contributed by atoms with Crippen molar-refractivity contribution in [1.29, 1.82) is 0 Å². The van der Waals surface area contributed by atoms with Gasteiger partial charge in [-0.25, -0.2) is 13.6 Å². The van der Waals surface area contributed by atoms with Crippen LogP contribution in [0.15, 0.2) is 42.5 Å². The number of halogens is 2. The first-order valence-corrected chi connectivity index (χ1v) is 5.96. The number of hydrogen-bond acceptors (Lipinski definition) is 3. The lowest BCUT2D eigenvalue weighted by Gasteiger charge is -2.08. The summed E-state index contributed by atoms with van der Waals surface area (Å²) in [5, 5.41) is 2.33. The number of nitrogens with one attached hydrogen (secondary N) is 1. The van der Waals surface area contributed by atoms with Gasteiger partial charge < -0.3 is 10.1 Å². The Morgan fingerprint density at radius 3 is 2.29 bits per heavy atom. The van der Waals surface area contributed by atoms with E-state index in [0.29, 0.717) is 0 Å². The molecule has 0 aliphatic rings. The van der Waals surface area contributed by atoms with Crippen LogP contribution in [-0.4, -0.2) is 19.0 Å². The molecule has 0 aromatic heterocycles. The van der Waals surface area contributed by atoms with Gasteiger partial charge in [-0.05, 0) is 30.3 Å². The summed E-state index contributed by atoms with van der Waals surface area (Å²) < 4.78 is 31.5. The number of anilines is 1. The normalized spacial score (nSPS) is 10.0. The molecule has 6 heteroatoms. The molecule has 2 aromatic rings. The third kappa shape index (κ3) is 3.22. The van der Waals surface area contributed by atoms with Gasteiger partial charge in [0, 0.05) is 5.69 Å². The lowest BCUT2D eigenvalue weighted by Crippen LogP contribution is -2.16. The van der Waals surface area contributed by atoms with Crippen LogP contribution in [0.25, 0.3) is 0 Å². The Labute approximate surface area is 119 Å². The molecule has 0 spiro atoms. The molecule has 21 heavy (non-hydrogen) atoms. The molecule has 0 unspecified atom stereocenters. The zero-order valence-electron chi connectivity index (χ0n) is 11.0. The van der Waals surface area contributed by atoms with Crippen molar-refractivity contribution in [3.05, 3.63) is 65.2 Å². The molecule has 108 valence electrons. The van der Waals surface area contributed by atoms with Crippen molar-refractivity contribution < 1.29 is 23.1 Å². The van der Waals surface area contributed by atoms with E-state index >= 15 is 0 Å². The van der Waals surface area contributed by atoms with Crippen molar-refractivity contribution in [2.24, 2.45) is 0 Å². The van der Waals surface area contributed by atoms with Gasteiger partial charge in [-0.15, -0.1) is 0 Å². The standard InChI is InChI=1S/C15H11F2NO3/c1-21-15(20)9-4-2-5-10(8-9)18-14(19)13-11(16)6-3-7-12(13)17/h2-8H,1H3,(H,18,19). The topological polar surface area (TPSA) is 55.4 Å². The summed E-state index contributed by atoms with van der Waals surface area (Å²) in [4.78, 5) is 23.3. The third-order valence-electron chi connectivity index (χ3n) is 2.73. The van der Waals surface area contributed by atoms with Gasteiger partial charge in [0.1, 0.15) is 17.2 Å². The summed E-state index contributed by atoms with van der Waals surface area (Å²) in [6.07, 6.45) is 0. The van der Waals surface area contributed by atoms with E-state index in [1.54, 1.807) is 0 Å². The number of rotatable bonds is 3. The van der Waals surface area contributed by atoms with Gasteiger partial charge in [0.25, 0.3) is 5.91 Å². The minimum Gasteiger partial charge on any atom is -0.465 e. The second kappa shape index (κ2) is 6.13. The van der Waals surface area contributed by atoms with Crippen LogP contribution in [0.2, 0.25) is 0 Å². The maximum absolute atomic E-state index is 13.5. The van der Waals surface area contributed by atoms with Gasteiger partial charge in [0.2, 0.25) is 0 Å². The zero-order chi connectivity index (χ0) is 15.4. The van der Waals surface area contributed by atoms with Gasteiger partial charge in [0.15, 0.2) is 0 Å². The summed E-state index contributed by atoms with van der Waals surface area (Å²) in [6.45, 7) is 0. The average molecular weight is 291 g/mol. The van der Waals surface area contributed by atoms with E-state index in [9.17, 15) is 18.4 Å². The van der Waals surface area contributed by atoms with Crippen molar-refractivity contribution in [3.63, 3.8) is 0 Å². The Morgan fingerprint density at radius 2 is 1.67 bits per heavy atom. The smallest absolute Gasteiger partial charge is 0.337 e. The largest absolute Gasteiger partial charge is 0.465 e. The Morgan fingerprint density at radius 1 is 1.05 bits per heavy atom. The predicted octanol–water partition coefficient (Wildman–Crippen LogP) is 3.00. The Kier molecular flexibility index (Phi) is 4.27. The van der Waals surface area contributed by atoms with Crippen LogP contribution in [0.1, 0.15) is 20.7 Å². The fourth-order valence-corrected chi connectivity index (χ4v) is 1.75. The molecular weight excluding hydrogens is 280 g/mol. The Bertz CT molecular complexity index is 681. The van der Waals surface area contributed by atoms with Crippen LogP contribution < -0.4 is 5.32 Å². The number of amides is 1. The monoisotopic (exact) mass is 291 g/mol. The fourth-order valence-electron chi connectivity index (χ4n) is 1.75. The molecule has 0 aliphatic carbocycles. The molecule has 1 amide bonds. The van der Waals surface area contributed by atoms with E-state index in [4.69, 9.17) is 0 Å². The lowest BCUT2D eigenvalue weighted by molar-refractivity contribution is 0.0600. The lowest BCUT2D eigenvalue weighted by atomic mass is 10.1. The van der Waals surface area contributed by atoms with E-state index in [2.05, 4.69) is 10.1 Å². The highest BCUT2D eigenvalue weighted by Crippen LogP contribution is 2.16. The summed E-state index contributed by atoms with van der Waals surface area (Å²) in [7, 11) is 1.22. The molecule has 0 fully saturated rings. The highest BCUT2D eigenvalue weighted by molar-refractivity contribution is 6.05. The van der Waals surface area contributed by atoms with Crippen molar-refractivity contribution in [2.75, 3.05) is 12.4 Å². The number of hydrogen-bond donors (Lipinski definition) is 1. The number of carbonyl (C=O) groups is 2. The fraction of sp³-hybridized carbons (Fsp3) is 0.0667. The minimum absolute atomic E-state index is 0.212. The van der Waals surface area contributed by atoms with Crippen molar-refractivity contribution in [2.45, 2.75) is 0 Å². The summed E-state index contributed by atoms with van der Waals surface area (Å²) in [6, 6.07) is 8.99. The first-order valence-electron chi connectivity index (χ1n) is 5.96. The third-order valence-corrected chi connectivity index (χ3v) is 2.73. The van der Waals surface area contributed by atoms with Gasteiger partial charge in [-0.3, -0.25) is 4.79 Å². The second-order valence-electron chi connectivity index (χ2n) is 4.12. The van der Waals surface area contributed by atoms with E-state index in [0.717, 1.165) is 12.1 Å². The summed E-state index contributed by atoms with van der Waals surface area (Å²) in [5.41, 5.74) is -0.240. The van der Waals surface area contributed by atoms with Crippen LogP contribution in [0.3, 0.4) is 0 Å². The summed E-state index contributed by atoms with van der Waals surface area (Å²) >= 11 is 0. The first-order chi connectivity index (χ1) is 10.0. The summed E-state index contributed by atoms with van der Waals surface area (Å²) in [5.74, 6) is -3.44. The van der Waals surface area contributed by atoms with E-state index < -0.39 is 29.1 Å². The van der Waals surface area contributed by atoms with Gasteiger partial charge in [-0.1, -0.05) is 12.1 Å². The molecule has 0 radical (unpaired) electrons. The Balaban J connectivity index is 2.26. The highest BCUT2D eigenvalue weighted by atomic mass is 19.1. The van der Waals surface area contributed by atoms with Crippen molar-refractivity contribution >= 4 is 17.6 Å². The molecule has 0 bridgehead atoms. The van der Waals surface area contributed by atoms with Crippen molar-refractivity contribution in [3.8, 4) is 0 Å². The van der Waals surface area contributed by atoms with Gasteiger partial charge in [-0.2, -0.15) is 0 Å². The molecule has 0 saturated carbocycles. The van der Waals surface area contributed by atoms with Crippen LogP contribution in [-0.2, 0) is 4.74 Å². The number of methoxy groups -OCH3 is 1. The molecule has 0 heterocycles. The van der Waals surface area contributed by atoms with Crippen LogP contribution in [0, 0.1) is 11.6 Å². The highest BCUT2D eigenvalue weighted by Gasteiger charge is 2.17. The molecule has 1 N–H and O–H groups in total. The van der Waals surface area contributed by atoms with Gasteiger partial charge in [0.05, 0.1) is 12.7 Å². The minimum atomic E-state index is -0.961. The maximum atomic E-state index is 13.5. The van der Waals surface area contributed by atoms with E-state index in [1.807, 2.05) is 0 Å². The number of esters is 1. The number of carbonyl (C=O) groups excluding carboxylic acids is 2. The zero-order valence-corrected chi connectivity index (χ0v) is 11.0. The Hall–Kier alpha value is -2.76. The number of benzene rings is 2. The van der Waals surface area contributed by atoms with Crippen LogP contribution in [0.5, 0.6) is 0 Å². The molecule has 0 aliphatic heterocycles. The molecule has 2 aromatic carbocycles. The molecular formula is C15H11F2NO3. The first kappa shape index (κ1) is 14.6. The SMILES string of the molecule is COC(=O)c1cccc(NC(=O)c2c(F)cccc2F)c1. The number of ether oxygens (including phenoxy) is 1. The van der Waals surface area contributed by atoms with Crippen LogP contribution >= 0.6 is 0 Å². The van der Waals surface area contributed by atoms with E-state index in [1.165, 1.54) is 37.4 Å². The molecule has 0 atom stereocenters. The van der Waals surface area contributed by atoms with Crippen LogP contribution in [0.4, 0.5) is 14.5 Å². The van der Waals surface area contributed by atoms with Crippen molar-refractivity contribution in [1.82, 2.24) is 0 Å².